The van der Waals surface area contributed by atoms with Crippen LogP contribution in [0.2, 0.25) is 0 Å². The molecule has 6 heteroatoms. The number of benzene rings is 1. The summed E-state index contributed by atoms with van der Waals surface area (Å²) in [7, 11) is 0. The van der Waals surface area contributed by atoms with E-state index >= 15 is 0 Å². The monoisotopic (exact) mass is 319 g/mol. The number of phenols is 1. The molecule has 0 aromatic heterocycles. The molecule has 23 heavy (non-hydrogen) atoms. The van der Waals surface area contributed by atoms with E-state index < -0.39 is 17.7 Å². The zero-order valence-electron chi connectivity index (χ0n) is 13.2. The molecule has 2 rings (SSSR count). The highest BCUT2D eigenvalue weighted by Gasteiger charge is 2.42. The van der Waals surface area contributed by atoms with E-state index in [4.69, 9.17) is 0 Å². The predicted molar refractivity (Wildman–Crippen MR) is 83.8 cm³/mol. The van der Waals surface area contributed by atoms with Crippen molar-refractivity contribution in [2.24, 2.45) is 5.92 Å². The van der Waals surface area contributed by atoms with E-state index in [-0.39, 0.29) is 42.6 Å². The van der Waals surface area contributed by atoms with Crippen molar-refractivity contribution in [3.05, 3.63) is 41.2 Å². The third kappa shape index (κ3) is 3.37. The van der Waals surface area contributed by atoms with Crippen LogP contribution < -0.4 is 0 Å². The molecular weight excluding hydrogens is 298 g/mol. The van der Waals surface area contributed by atoms with Crippen LogP contribution in [0.4, 0.5) is 0 Å². The fourth-order valence-electron chi connectivity index (χ4n) is 2.76. The maximum Gasteiger partial charge on any atom is 0.290 e. The van der Waals surface area contributed by atoms with Gasteiger partial charge in [-0.05, 0) is 23.6 Å². The molecule has 0 radical (unpaired) electrons. The Morgan fingerprint density at radius 3 is 2.35 bits per heavy atom. The lowest BCUT2D eigenvalue weighted by molar-refractivity contribution is -0.129. The average Bonchev–Trinajstić information content (AvgIpc) is 2.73. The minimum absolute atomic E-state index is 0.00684. The fraction of sp³-hybridized carbons (Fsp3) is 0.412. The SMILES string of the molecule is CC(C)CC(=O)C1=C(O)C(=O)N(CCO)C1c1ccc(O)cc1. The molecule has 0 spiro atoms. The molecule has 6 nitrogen and oxygen atoms in total. The molecule has 1 heterocycles. The van der Waals surface area contributed by atoms with Crippen LogP contribution in [0.25, 0.3) is 0 Å². The van der Waals surface area contributed by atoms with E-state index in [0.29, 0.717) is 5.56 Å². The van der Waals surface area contributed by atoms with E-state index in [1.54, 1.807) is 12.1 Å². The Morgan fingerprint density at radius 1 is 1.22 bits per heavy atom. The lowest BCUT2D eigenvalue weighted by atomic mass is 9.92. The summed E-state index contributed by atoms with van der Waals surface area (Å²) in [6.07, 6.45) is 0.216. The summed E-state index contributed by atoms with van der Waals surface area (Å²) in [6, 6.07) is 5.35. The van der Waals surface area contributed by atoms with Gasteiger partial charge in [0.2, 0.25) is 0 Å². The van der Waals surface area contributed by atoms with Crippen LogP contribution in [0.5, 0.6) is 5.75 Å². The van der Waals surface area contributed by atoms with Crippen LogP contribution in [0, 0.1) is 5.92 Å². The van der Waals surface area contributed by atoms with Crippen LogP contribution in [0.1, 0.15) is 31.9 Å². The predicted octanol–water partition coefficient (Wildman–Crippen LogP) is 1.70. The van der Waals surface area contributed by atoms with Crippen molar-refractivity contribution in [3.8, 4) is 5.75 Å². The average molecular weight is 319 g/mol. The van der Waals surface area contributed by atoms with Gasteiger partial charge in [-0.15, -0.1) is 0 Å². The number of amides is 1. The van der Waals surface area contributed by atoms with E-state index in [1.807, 2.05) is 13.8 Å². The zero-order chi connectivity index (χ0) is 17.1. The van der Waals surface area contributed by atoms with E-state index in [0.717, 1.165) is 0 Å². The van der Waals surface area contributed by atoms with Gasteiger partial charge in [0.1, 0.15) is 5.75 Å². The Balaban J connectivity index is 2.48. The zero-order valence-corrected chi connectivity index (χ0v) is 13.2. The van der Waals surface area contributed by atoms with Crippen molar-refractivity contribution < 1.29 is 24.9 Å². The van der Waals surface area contributed by atoms with Crippen molar-refractivity contribution >= 4 is 11.7 Å². The Bertz CT molecular complexity index is 633. The number of aliphatic hydroxyl groups is 2. The van der Waals surface area contributed by atoms with Crippen molar-refractivity contribution in [1.82, 2.24) is 4.90 Å². The third-order valence-electron chi connectivity index (χ3n) is 3.75. The summed E-state index contributed by atoms with van der Waals surface area (Å²) < 4.78 is 0. The van der Waals surface area contributed by atoms with Crippen LogP contribution in [-0.2, 0) is 9.59 Å². The van der Waals surface area contributed by atoms with E-state index in [2.05, 4.69) is 0 Å². The molecule has 1 atom stereocenters. The highest BCUT2D eigenvalue weighted by Crippen LogP contribution is 2.38. The molecule has 1 unspecified atom stereocenters. The molecule has 1 aromatic rings. The van der Waals surface area contributed by atoms with E-state index in [9.17, 15) is 24.9 Å². The van der Waals surface area contributed by atoms with Gasteiger partial charge in [0.05, 0.1) is 18.2 Å². The van der Waals surface area contributed by atoms with Gasteiger partial charge in [-0.1, -0.05) is 26.0 Å². The van der Waals surface area contributed by atoms with Crippen LogP contribution in [0.15, 0.2) is 35.6 Å². The van der Waals surface area contributed by atoms with Gasteiger partial charge >= 0.3 is 0 Å². The molecule has 0 fully saturated rings. The highest BCUT2D eigenvalue weighted by atomic mass is 16.3. The number of carbonyl (C=O) groups is 2. The summed E-state index contributed by atoms with van der Waals surface area (Å²) in [5.41, 5.74) is 0.656. The van der Waals surface area contributed by atoms with Gasteiger partial charge in [-0.2, -0.15) is 0 Å². The molecule has 0 aliphatic carbocycles. The van der Waals surface area contributed by atoms with Crippen LogP contribution in [0.3, 0.4) is 0 Å². The second-order valence-corrected chi connectivity index (χ2v) is 6.00. The molecular formula is C17H21NO5. The van der Waals surface area contributed by atoms with Crippen molar-refractivity contribution in [3.63, 3.8) is 0 Å². The molecule has 0 saturated carbocycles. The second kappa shape index (κ2) is 6.83. The first-order valence-electron chi connectivity index (χ1n) is 7.53. The molecule has 0 bridgehead atoms. The smallest absolute Gasteiger partial charge is 0.290 e. The molecule has 124 valence electrons. The molecule has 3 N–H and O–H groups in total. The maximum atomic E-state index is 12.5. The number of aliphatic hydroxyl groups excluding tert-OH is 2. The number of Topliss-reactive ketones (excluding diaryl/α,β-unsaturated/α-hetero) is 1. The Kier molecular flexibility index (Phi) is 5.05. The van der Waals surface area contributed by atoms with Crippen molar-refractivity contribution in [2.75, 3.05) is 13.2 Å². The number of aromatic hydroxyl groups is 1. The van der Waals surface area contributed by atoms with Gasteiger partial charge in [-0.3, -0.25) is 9.59 Å². The minimum atomic E-state index is -0.749. The molecule has 0 saturated heterocycles. The minimum Gasteiger partial charge on any atom is -0.508 e. The Morgan fingerprint density at radius 2 is 1.83 bits per heavy atom. The number of nitrogens with zero attached hydrogens (tertiary/aromatic N) is 1. The van der Waals surface area contributed by atoms with E-state index in [1.165, 1.54) is 17.0 Å². The van der Waals surface area contributed by atoms with Crippen LogP contribution in [-0.4, -0.2) is 45.1 Å². The fourth-order valence-corrected chi connectivity index (χ4v) is 2.76. The first kappa shape index (κ1) is 17.0. The quantitative estimate of drug-likeness (QED) is 0.741. The van der Waals surface area contributed by atoms with Crippen molar-refractivity contribution in [1.29, 1.82) is 0 Å². The molecule has 1 aliphatic heterocycles. The summed E-state index contributed by atoms with van der Waals surface area (Å²) in [5, 5.41) is 28.8. The maximum absolute atomic E-state index is 12.5. The Hall–Kier alpha value is -2.34. The summed E-state index contributed by atoms with van der Waals surface area (Å²) in [4.78, 5) is 26.0. The van der Waals surface area contributed by atoms with Gasteiger partial charge in [0, 0.05) is 13.0 Å². The molecule has 1 amide bonds. The lowest BCUT2D eigenvalue weighted by Crippen LogP contribution is -2.33. The number of β-amino-alcohol motifs (C(OH)–C–C–N with tert-alkyl or cyclic N) is 1. The Labute approximate surface area is 134 Å². The number of hydrogen-bond donors (Lipinski definition) is 3. The number of ketones is 1. The number of hydrogen-bond acceptors (Lipinski definition) is 5. The standard InChI is InChI=1S/C17H21NO5/c1-10(2)9-13(21)14-15(11-3-5-12(20)6-4-11)18(7-8-19)17(23)16(14)22/h3-6,10,15,19-20,22H,7-9H2,1-2H3. The molecule has 1 aliphatic rings. The lowest BCUT2D eigenvalue weighted by Gasteiger charge is -2.26. The number of carbonyl (C=O) groups excluding carboxylic acids is 2. The summed E-state index contributed by atoms with van der Waals surface area (Å²) >= 11 is 0. The summed E-state index contributed by atoms with van der Waals surface area (Å²) in [6.45, 7) is 3.49. The number of phenolic OH excluding ortho intramolecular Hbond substituents is 1. The normalized spacial score (nSPS) is 18.2. The largest absolute Gasteiger partial charge is 0.508 e. The van der Waals surface area contributed by atoms with Crippen molar-refractivity contribution in [2.45, 2.75) is 26.3 Å². The van der Waals surface area contributed by atoms with Gasteiger partial charge in [-0.25, -0.2) is 0 Å². The molecule has 1 aromatic carbocycles. The third-order valence-corrected chi connectivity index (χ3v) is 3.75. The number of rotatable bonds is 6. The van der Waals surface area contributed by atoms with Gasteiger partial charge < -0.3 is 20.2 Å². The second-order valence-electron chi connectivity index (χ2n) is 6.00. The van der Waals surface area contributed by atoms with Gasteiger partial charge in [0.15, 0.2) is 11.5 Å². The first-order chi connectivity index (χ1) is 10.9. The first-order valence-corrected chi connectivity index (χ1v) is 7.53. The summed E-state index contributed by atoms with van der Waals surface area (Å²) in [5.74, 6) is -1.35. The van der Waals surface area contributed by atoms with Gasteiger partial charge in [0.25, 0.3) is 5.91 Å². The highest BCUT2D eigenvalue weighted by molar-refractivity contribution is 6.09. The van der Waals surface area contributed by atoms with Crippen LogP contribution >= 0.6 is 0 Å². The topological polar surface area (TPSA) is 98.1 Å².